The summed E-state index contributed by atoms with van der Waals surface area (Å²) in [4.78, 5) is 14.0. The number of carbonyl (C=O) groups is 1. The minimum atomic E-state index is -3.53. The van der Waals surface area contributed by atoms with Gasteiger partial charge in [-0.15, -0.1) is 0 Å². The van der Waals surface area contributed by atoms with E-state index >= 15 is 0 Å². The lowest BCUT2D eigenvalue weighted by atomic mass is 10.2. The van der Waals surface area contributed by atoms with Gasteiger partial charge in [-0.2, -0.15) is 0 Å². The second kappa shape index (κ2) is 16.2. The Morgan fingerprint density at radius 1 is 0.900 bits per heavy atom. The minimum absolute atomic E-state index is 0.224. The van der Waals surface area contributed by atoms with Gasteiger partial charge in [0.15, 0.2) is 0 Å². The number of hydrogen-bond acceptors (Lipinski definition) is 7. The molecule has 1 unspecified atom stereocenters. The molecule has 0 bridgehead atoms. The molecule has 0 saturated heterocycles. The van der Waals surface area contributed by atoms with E-state index in [-0.39, 0.29) is 19.1 Å². The van der Waals surface area contributed by atoms with Crippen LogP contribution in [-0.2, 0) is 32.0 Å². The maximum atomic E-state index is 13.5. The molecule has 0 aliphatic heterocycles. The molecule has 0 saturated carbocycles. The van der Waals surface area contributed by atoms with Crippen LogP contribution in [0.15, 0.2) is 12.7 Å². The molecule has 8 nitrogen and oxygen atoms in total. The lowest BCUT2D eigenvalue weighted by Gasteiger charge is -2.35. The van der Waals surface area contributed by atoms with E-state index in [0.29, 0.717) is 51.6 Å². The maximum absolute atomic E-state index is 13.5. The molecule has 178 valence electrons. The Bertz CT molecular complexity index is 566. The van der Waals surface area contributed by atoms with E-state index in [2.05, 4.69) is 6.58 Å². The van der Waals surface area contributed by atoms with Gasteiger partial charge in [0.05, 0.1) is 32.6 Å². The first-order chi connectivity index (χ1) is 14.3. The molecule has 0 heterocycles. The first kappa shape index (κ1) is 29.5. The van der Waals surface area contributed by atoms with Crippen LogP contribution in [0.4, 0.5) is 0 Å². The van der Waals surface area contributed by atoms with Crippen LogP contribution in [0.2, 0.25) is 0 Å². The van der Waals surface area contributed by atoms with E-state index in [1.54, 1.807) is 32.6 Å². The average Bonchev–Trinajstić information content (AvgIpc) is 2.69. The Balaban J connectivity index is 5.26. The van der Waals surface area contributed by atoms with E-state index in [9.17, 15) is 13.9 Å². The van der Waals surface area contributed by atoms with E-state index < -0.39 is 21.0 Å². The highest BCUT2D eigenvalue weighted by Crippen LogP contribution is 2.56. The molecule has 0 fully saturated rings. The van der Waals surface area contributed by atoms with Gasteiger partial charge < -0.3 is 23.0 Å². The van der Waals surface area contributed by atoms with Crippen LogP contribution in [-0.4, -0.2) is 55.7 Å². The zero-order chi connectivity index (χ0) is 23.0. The van der Waals surface area contributed by atoms with E-state index in [4.69, 9.17) is 18.1 Å². The summed E-state index contributed by atoms with van der Waals surface area (Å²) in [5.74, 6) is -0.980. The molecule has 1 amide bonds. The second-order valence-corrected chi connectivity index (χ2v) is 11.0. The Hall–Kier alpha value is -0.490. The standard InChI is InChI=1S/C20H41NO7P2/c1-7-17-21(19(22)8-2)20(30(24,27-11-5)28-12-6)16-14-13-15-18-29(23,25-9-3)26-10-4/h8,20H,2,7,9-18H2,1,3-6H3. The fourth-order valence-corrected chi connectivity index (χ4v) is 7.13. The summed E-state index contributed by atoms with van der Waals surface area (Å²) < 4.78 is 47.8. The Morgan fingerprint density at radius 2 is 1.43 bits per heavy atom. The van der Waals surface area contributed by atoms with Crippen LogP contribution in [0.25, 0.3) is 0 Å². The van der Waals surface area contributed by atoms with Crippen molar-refractivity contribution in [3.8, 4) is 0 Å². The highest BCUT2D eigenvalue weighted by atomic mass is 31.2. The summed E-state index contributed by atoms with van der Waals surface area (Å²) in [6.07, 6.45) is 4.74. The van der Waals surface area contributed by atoms with E-state index in [1.807, 2.05) is 6.92 Å². The first-order valence-corrected chi connectivity index (χ1v) is 14.3. The molecule has 0 spiro atoms. The van der Waals surface area contributed by atoms with Crippen molar-refractivity contribution in [3.05, 3.63) is 12.7 Å². The molecule has 10 heteroatoms. The van der Waals surface area contributed by atoms with Gasteiger partial charge in [-0.25, -0.2) is 0 Å². The zero-order valence-corrected chi connectivity index (χ0v) is 21.1. The van der Waals surface area contributed by atoms with Gasteiger partial charge in [0.25, 0.3) is 0 Å². The van der Waals surface area contributed by atoms with Crippen molar-refractivity contribution in [2.45, 2.75) is 72.5 Å². The molecular weight excluding hydrogens is 428 g/mol. The third-order valence-electron chi connectivity index (χ3n) is 4.31. The van der Waals surface area contributed by atoms with Gasteiger partial charge in [-0.1, -0.05) is 26.3 Å². The number of unbranched alkanes of at least 4 members (excludes halogenated alkanes) is 2. The molecule has 0 N–H and O–H groups in total. The number of hydrogen-bond donors (Lipinski definition) is 0. The number of carbonyl (C=O) groups excluding carboxylic acids is 1. The van der Waals surface area contributed by atoms with Gasteiger partial charge in [-0.3, -0.25) is 13.9 Å². The first-order valence-electron chi connectivity index (χ1n) is 11.0. The molecule has 0 aromatic carbocycles. The SMILES string of the molecule is C=CC(=O)N(CCC)C(CCCCCP(=O)(OCC)OCC)P(=O)(OCC)OCC. The van der Waals surface area contributed by atoms with Crippen LogP contribution >= 0.6 is 15.2 Å². The molecule has 0 rings (SSSR count). The molecule has 0 radical (unpaired) electrons. The molecular formula is C20H41NO7P2. The monoisotopic (exact) mass is 469 g/mol. The van der Waals surface area contributed by atoms with E-state index in [0.717, 1.165) is 6.42 Å². The van der Waals surface area contributed by atoms with Gasteiger partial charge in [-0.05, 0) is 53.0 Å². The third-order valence-corrected chi connectivity index (χ3v) is 8.98. The lowest BCUT2D eigenvalue weighted by molar-refractivity contribution is -0.127. The van der Waals surface area contributed by atoms with Crippen molar-refractivity contribution in [3.63, 3.8) is 0 Å². The molecule has 0 aromatic rings. The van der Waals surface area contributed by atoms with Crippen molar-refractivity contribution >= 4 is 21.1 Å². The summed E-state index contributed by atoms with van der Waals surface area (Å²) >= 11 is 0. The number of nitrogens with zero attached hydrogens (tertiary/aromatic N) is 1. The highest BCUT2D eigenvalue weighted by molar-refractivity contribution is 7.54. The quantitative estimate of drug-likeness (QED) is 0.134. The summed E-state index contributed by atoms with van der Waals surface area (Å²) in [7, 11) is -6.60. The minimum Gasteiger partial charge on any atom is -0.324 e. The second-order valence-electron chi connectivity index (χ2n) is 6.61. The summed E-state index contributed by atoms with van der Waals surface area (Å²) in [6, 6.07) is 0. The molecule has 1 atom stereocenters. The van der Waals surface area contributed by atoms with Crippen molar-refractivity contribution in [2.75, 3.05) is 39.1 Å². The van der Waals surface area contributed by atoms with Crippen LogP contribution in [0, 0.1) is 0 Å². The van der Waals surface area contributed by atoms with Gasteiger partial charge >= 0.3 is 15.2 Å². The van der Waals surface area contributed by atoms with Crippen molar-refractivity contribution in [1.29, 1.82) is 0 Å². The van der Waals surface area contributed by atoms with Gasteiger partial charge in [0, 0.05) is 6.54 Å². The Labute approximate surface area is 182 Å². The van der Waals surface area contributed by atoms with Crippen molar-refractivity contribution < 1.29 is 32.0 Å². The Morgan fingerprint density at radius 3 is 1.87 bits per heavy atom. The Kier molecular flexibility index (Phi) is 15.9. The fourth-order valence-electron chi connectivity index (χ4n) is 3.19. The predicted octanol–water partition coefficient (Wildman–Crippen LogP) is 5.83. The largest absolute Gasteiger partial charge is 0.352 e. The van der Waals surface area contributed by atoms with Crippen LogP contribution in [0.1, 0.15) is 66.7 Å². The highest BCUT2D eigenvalue weighted by Gasteiger charge is 2.40. The van der Waals surface area contributed by atoms with Crippen molar-refractivity contribution in [2.24, 2.45) is 0 Å². The number of amides is 1. The number of rotatable bonds is 19. The van der Waals surface area contributed by atoms with Crippen LogP contribution in [0.3, 0.4) is 0 Å². The summed E-state index contributed by atoms with van der Waals surface area (Å²) in [6.45, 7) is 14.1. The third kappa shape index (κ3) is 10.2. The summed E-state index contributed by atoms with van der Waals surface area (Å²) in [5.41, 5.74) is 0. The van der Waals surface area contributed by atoms with Gasteiger partial charge in [0.2, 0.25) is 5.91 Å². The van der Waals surface area contributed by atoms with E-state index in [1.165, 1.54) is 6.08 Å². The zero-order valence-electron chi connectivity index (χ0n) is 19.3. The topological polar surface area (TPSA) is 91.4 Å². The molecule has 0 aliphatic carbocycles. The lowest BCUT2D eigenvalue weighted by Crippen LogP contribution is -2.40. The fraction of sp³-hybridized carbons (Fsp3) is 0.850. The molecule has 0 aromatic heterocycles. The molecule has 30 heavy (non-hydrogen) atoms. The normalized spacial score (nSPS) is 13.2. The molecule has 0 aliphatic rings. The van der Waals surface area contributed by atoms with Crippen LogP contribution < -0.4 is 0 Å². The maximum Gasteiger partial charge on any atom is 0.352 e. The van der Waals surface area contributed by atoms with Crippen molar-refractivity contribution in [1.82, 2.24) is 4.90 Å². The summed E-state index contributed by atoms with van der Waals surface area (Å²) in [5, 5.41) is 0. The average molecular weight is 469 g/mol. The van der Waals surface area contributed by atoms with Crippen LogP contribution in [0.5, 0.6) is 0 Å². The van der Waals surface area contributed by atoms with Gasteiger partial charge in [0.1, 0.15) is 5.78 Å². The smallest absolute Gasteiger partial charge is 0.324 e. The predicted molar refractivity (Wildman–Crippen MR) is 121 cm³/mol.